The summed E-state index contributed by atoms with van der Waals surface area (Å²) in [6.07, 6.45) is 2.45. The first-order chi connectivity index (χ1) is 5.46. The summed E-state index contributed by atoms with van der Waals surface area (Å²) in [6.45, 7) is 4.32. The molecule has 0 spiro atoms. The van der Waals surface area contributed by atoms with E-state index in [2.05, 4.69) is 13.8 Å². The zero-order valence-electron chi connectivity index (χ0n) is 7.44. The Labute approximate surface area is 83.4 Å². The van der Waals surface area contributed by atoms with Crippen molar-refractivity contribution >= 4 is 28.4 Å². The largest absolute Gasteiger partial charge is 0.279 e. The average Bonchev–Trinajstić information content (AvgIpc) is 1.97. The minimum Gasteiger partial charge on any atom is -0.279 e. The fraction of sp³-hybridized carbons (Fsp3) is 0.889. The molecule has 1 aliphatic rings. The van der Waals surface area contributed by atoms with Gasteiger partial charge in [0.1, 0.15) is 4.87 Å². The quantitative estimate of drug-likeness (QED) is 0.478. The molecule has 0 aromatic carbocycles. The minimum atomic E-state index is -0.770. The standard InChI is InChI=1S/C9H14Cl2O/c1-6-3-4-9(11,8(10)12)5-7(6)2/h6-7H,3-5H2,1-2H3. The van der Waals surface area contributed by atoms with Crippen LogP contribution in [0.1, 0.15) is 33.1 Å². The fourth-order valence-corrected chi connectivity index (χ4v) is 2.26. The van der Waals surface area contributed by atoms with Gasteiger partial charge in [0, 0.05) is 0 Å². The second-order valence-corrected chi connectivity index (χ2v) is 5.00. The van der Waals surface area contributed by atoms with Crippen LogP contribution in [0, 0.1) is 11.8 Å². The molecular weight excluding hydrogens is 195 g/mol. The van der Waals surface area contributed by atoms with Crippen LogP contribution < -0.4 is 0 Å². The lowest BCUT2D eigenvalue weighted by molar-refractivity contribution is -0.115. The lowest BCUT2D eigenvalue weighted by Crippen LogP contribution is -2.37. The van der Waals surface area contributed by atoms with Gasteiger partial charge in [-0.25, -0.2) is 0 Å². The van der Waals surface area contributed by atoms with Gasteiger partial charge in [0.05, 0.1) is 0 Å². The van der Waals surface area contributed by atoms with Crippen LogP contribution in [0.5, 0.6) is 0 Å². The third-order valence-electron chi connectivity index (χ3n) is 2.97. The van der Waals surface area contributed by atoms with Crippen LogP contribution in [0.4, 0.5) is 0 Å². The third-order valence-corrected chi connectivity index (χ3v) is 3.94. The van der Waals surface area contributed by atoms with E-state index in [1.807, 2.05) is 0 Å². The van der Waals surface area contributed by atoms with Gasteiger partial charge in [-0.3, -0.25) is 4.79 Å². The van der Waals surface area contributed by atoms with E-state index in [4.69, 9.17) is 23.2 Å². The zero-order chi connectivity index (χ0) is 9.35. The van der Waals surface area contributed by atoms with Gasteiger partial charge in [-0.05, 0) is 42.7 Å². The predicted octanol–water partition coefficient (Wildman–Crippen LogP) is 3.19. The van der Waals surface area contributed by atoms with Crippen molar-refractivity contribution in [3.05, 3.63) is 0 Å². The first-order valence-corrected chi connectivity index (χ1v) is 5.10. The van der Waals surface area contributed by atoms with Crippen LogP contribution in [0.25, 0.3) is 0 Å². The SMILES string of the molecule is CC1CCC(Cl)(C(=O)Cl)CC1C. The lowest BCUT2D eigenvalue weighted by atomic mass is 9.76. The molecule has 12 heavy (non-hydrogen) atoms. The Hall–Kier alpha value is 0.250. The van der Waals surface area contributed by atoms with E-state index < -0.39 is 4.87 Å². The number of hydrogen-bond acceptors (Lipinski definition) is 1. The number of carbonyl (C=O) groups is 1. The third kappa shape index (κ3) is 1.94. The molecule has 0 radical (unpaired) electrons. The monoisotopic (exact) mass is 208 g/mol. The van der Waals surface area contributed by atoms with Gasteiger partial charge < -0.3 is 0 Å². The van der Waals surface area contributed by atoms with Crippen LogP contribution in [0.15, 0.2) is 0 Å². The van der Waals surface area contributed by atoms with Crippen molar-refractivity contribution < 1.29 is 4.79 Å². The molecule has 0 aromatic rings. The van der Waals surface area contributed by atoms with Gasteiger partial charge in [-0.2, -0.15) is 0 Å². The average molecular weight is 209 g/mol. The Kier molecular flexibility index (Phi) is 3.06. The Bertz CT molecular complexity index is 193. The molecule has 1 nitrogen and oxygen atoms in total. The minimum absolute atomic E-state index is 0.386. The van der Waals surface area contributed by atoms with Gasteiger partial charge >= 0.3 is 0 Å². The highest BCUT2D eigenvalue weighted by Gasteiger charge is 2.41. The predicted molar refractivity (Wildman–Crippen MR) is 51.6 cm³/mol. The van der Waals surface area contributed by atoms with Crippen LogP contribution in [-0.4, -0.2) is 10.1 Å². The van der Waals surface area contributed by atoms with Crippen LogP contribution in [-0.2, 0) is 4.79 Å². The molecule has 1 saturated carbocycles. The Morgan fingerprint density at radius 3 is 2.42 bits per heavy atom. The van der Waals surface area contributed by atoms with Gasteiger partial charge in [-0.15, -0.1) is 11.6 Å². The fourth-order valence-electron chi connectivity index (χ4n) is 1.73. The van der Waals surface area contributed by atoms with Crippen LogP contribution in [0.3, 0.4) is 0 Å². The number of rotatable bonds is 1. The summed E-state index contributed by atoms with van der Waals surface area (Å²) >= 11 is 11.5. The number of alkyl halides is 1. The van der Waals surface area contributed by atoms with E-state index in [1.165, 1.54) is 0 Å². The van der Waals surface area contributed by atoms with Crippen molar-refractivity contribution in [1.29, 1.82) is 0 Å². The van der Waals surface area contributed by atoms with Crippen molar-refractivity contribution in [2.75, 3.05) is 0 Å². The van der Waals surface area contributed by atoms with Crippen molar-refractivity contribution in [2.45, 2.75) is 38.0 Å². The summed E-state index contributed by atoms with van der Waals surface area (Å²) < 4.78 is 0. The summed E-state index contributed by atoms with van der Waals surface area (Å²) in [7, 11) is 0. The summed E-state index contributed by atoms with van der Waals surface area (Å²) in [4.78, 5) is 10.2. The van der Waals surface area contributed by atoms with Crippen molar-refractivity contribution in [1.82, 2.24) is 0 Å². The molecule has 3 heteroatoms. The maximum absolute atomic E-state index is 11.0. The Morgan fingerprint density at radius 2 is 2.00 bits per heavy atom. The summed E-state index contributed by atoms with van der Waals surface area (Å²) in [5.41, 5.74) is 0. The number of carbonyl (C=O) groups excluding carboxylic acids is 1. The van der Waals surface area contributed by atoms with E-state index in [1.54, 1.807) is 0 Å². The molecule has 0 aromatic heterocycles. The lowest BCUT2D eigenvalue weighted by Gasteiger charge is -2.35. The molecule has 0 saturated heterocycles. The first-order valence-electron chi connectivity index (χ1n) is 4.34. The Balaban J connectivity index is 2.66. The van der Waals surface area contributed by atoms with Crippen molar-refractivity contribution in [2.24, 2.45) is 11.8 Å². The van der Waals surface area contributed by atoms with E-state index in [-0.39, 0.29) is 5.24 Å². The first kappa shape index (κ1) is 10.3. The van der Waals surface area contributed by atoms with E-state index in [9.17, 15) is 4.79 Å². The summed E-state index contributed by atoms with van der Waals surface area (Å²) in [5.74, 6) is 1.16. The molecular formula is C9H14Cl2O. The molecule has 0 heterocycles. The van der Waals surface area contributed by atoms with Gasteiger partial charge in [0.15, 0.2) is 0 Å². The van der Waals surface area contributed by atoms with Gasteiger partial charge in [0.2, 0.25) is 5.24 Å². The second-order valence-electron chi connectivity index (χ2n) is 3.94. The number of hydrogen-bond donors (Lipinski definition) is 0. The van der Waals surface area contributed by atoms with Crippen LogP contribution in [0.2, 0.25) is 0 Å². The zero-order valence-corrected chi connectivity index (χ0v) is 8.95. The number of halogens is 2. The van der Waals surface area contributed by atoms with E-state index in [0.717, 1.165) is 19.3 Å². The van der Waals surface area contributed by atoms with E-state index in [0.29, 0.717) is 11.8 Å². The maximum Gasteiger partial charge on any atom is 0.242 e. The molecule has 1 fully saturated rings. The topological polar surface area (TPSA) is 17.1 Å². The Morgan fingerprint density at radius 1 is 1.42 bits per heavy atom. The second kappa shape index (κ2) is 3.55. The molecule has 1 aliphatic carbocycles. The molecule has 1 rings (SSSR count). The molecule has 0 bridgehead atoms. The normalized spacial score (nSPS) is 42.7. The van der Waals surface area contributed by atoms with Crippen molar-refractivity contribution in [3.63, 3.8) is 0 Å². The highest BCUT2D eigenvalue weighted by Crippen LogP contribution is 2.41. The molecule has 70 valence electrons. The van der Waals surface area contributed by atoms with Gasteiger partial charge in [-0.1, -0.05) is 13.8 Å². The smallest absolute Gasteiger partial charge is 0.242 e. The summed E-state index contributed by atoms with van der Waals surface area (Å²) in [5, 5.41) is -0.386. The van der Waals surface area contributed by atoms with Gasteiger partial charge in [0.25, 0.3) is 0 Å². The molecule has 0 amide bonds. The maximum atomic E-state index is 11.0. The summed E-state index contributed by atoms with van der Waals surface area (Å²) in [6, 6.07) is 0. The molecule has 0 N–H and O–H groups in total. The van der Waals surface area contributed by atoms with Crippen molar-refractivity contribution in [3.8, 4) is 0 Å². The molecule has 3 unspecified atom stereocenters. The highest BCUT2D eigenvalue weighted by molar-refractivity contribution is 6.70. The van der Waals surface area contributed by atoms with Crippen LogP contribution >= 0.6 is 23.2 Å². The highest BCUT2D eigenvalue weighted by atomic mass is 35.5. The van der Waals surface area contributed by atoms with E-state index >= 15 is 0 Å². The molecule has 3 atom stereocenters. The molecule has 0 aliphatic heterocycles.